The van der Waals surface area contributed by atoms with E-state index >= 15 is 0 Å². The van der Waals surface area contributed by atoms with Crippen LogP contribution in [-0.4, -0.2) is 0 Å². The Morgan fingerprint density at radius 2 is 1.90 bits per heavy atom. The first kappa shape index (κ1) is 19.2. The maximum Gasteiger partial charge on any atom is -0.00597 e. The van der Waals surface area contributed by atoms with Gasteiger partial charge in [0.15, 0.2) is 0 Å². The second kappa shape index (κ2) is 12.0. The van der Waals surface area contributed by atoms with Gasteiger partial charge >= 0.3 is 0 Å². The first-order chi connectivity index (χ1) is 10.1. The molecule has 0 heterocycles. The van der Waals surface area contributed by atoms with Crippen LogP contribution in [0.25, 0.3) is 0 Å². The zero-order valence-corrected chi connectivity index (χ0v) is 14.0. The van der Waals surface area contributed by atoms with E-state index in [2.05, 4.69) is 52.2 Å². The second-order valence-electron chi connectivity index (χ2n) is 5.06. The molecule has 0 bridgehead atoms. The van der Waals surface area contributed by atoms with Crippen LogP contribution in [0.4, 0.5) is 0 Å². The Kier molecular flexibility index (Phi) is 11.0. The summed E-state index contributed by atoms with van der Waals surface area (Å²) in [6.45, 7) is 14.4. The summed E-state index contributed by atoms with van der Waals surface area (Å²) in [7, 11) is 0. The van der Waals surface area contributed by atoms with Crippen molar-refractivity contribution < 1.29 is 0 Å². The van der Waals surface area contributed by atoms with E-state index in [1.165, 1.54) is 16.7 Å². The quantitative estimate of drug-likeness (QED) is 0.490. The third kappa shape index (κ3) is 8.19. The fourth-order valence-electron chi connectivity index (χ4n) is 2.05. The summed E-state index contributed by atoms with van der Waals surface area (Å²) in [6.07, 6.45) is 17.3. The van der Waals surface area contributed by atoms with Crippen molar-refractivity contribution >= 4 is 0 Å². The standard InChI is InChI=1S/C20H31N/c1-6-10-11-18(14-15-21)12-13-19(8-3)20(9-4)16-17(5)7-2/h8-9,11,14-16H,4-7,10,12-13,21H2,1-3H3/b15-14-,18-11-,19-8-,20-16-. The highest BCUT2D eigenvalue weighted by molar-refractivity contribution is 5.43. The minimum Gasteiger partial charge on any atom is -0.405 e. The summed E-state index contributed by atoms with van der Waals surface area (Å²) >= 11 is 0. The Morgan fingerprint density at radius 1 is 1.19 bits per heavy atom. The lowest BCUT2D eigenvalue weighted by atomic mass is 9.95. The van der Waals surface area contributed by atoms with Gasteiger partial charge in [0, 0.05) is 0 Å². The van der Waals surface area contributed by atoms with Gasteiger partial charge in [-0.25, -0.2) is 0 Å². The molecule has 0 aliphatic carbocycles. The van der Waals surface area contributed by atoms with Crippen molar-refractivity contribution in [1.29, 1.82) is 0 Å². The molecule has 0 aromatic carbocycles. The zero-order valence-electron chi connectivity index (χ0n) is 14.0. The molecule has 0 fully saturated rings. The van der Waals surface area contributed by atoms with Crippen molar-refractivity contribution in [3.8, 4) is 0 Å². The van der Waals surface area contributed by atoms with Crippen LogP contribution in [0, 0.1) is 0 Å². The van der Waals surface area contributed by atoms with Crippen LogP contribution in [0.3, 0.4) is 0 Å². The molecule has 0 aliphatic heterocycles. The number of allylic oxidation sites excluding steroid dienone is 9. The summed E-state index contributed by atoms with van der Waals surface area (Å²) in [5.41, 5.74) is 10.5. The highest BCUT2D eigenvalue weighted by Gasteiger charge is 2.03. The van der Waals surface area contributed by atoms with Gasteiger partial charge in [-0.05, 0) is 56.0 Å². The molecule has 0 rings (SSSR count). The molecular weight excluding hydrogens is 254 g/mol. The first-order valence-electron chi connectivity index (χ1n) is 7.87. The molecule has 0 saturated heterocycles. The van der Waals surface area contributed by atoms with Gasteiger partial charge in [-0.2, -0.15) is 0 Å². The van der Waals surface area contributed by atoms with Crippen molar-refractivity contribution in [2.45, 2.75) is 52.9 Å². The fraction of sp³-hybridized carbons (Fsp3) is 0.400. The van der Waals surface area contributed by atoms with Gasteiger partial charge in [-0.1, -0.05) is 68.9 Å². The molecule has 0 amide bonds. The van der Waals surface area contributed by atoms with E-state index in [1.54, 1.807) is 6.20 Å². The predicted molar refractivity (Wildman–Crippen MR) is 97.0 cm³/mol. The molecule has 0 aromatic heterocycles. The van der Waals surface area contributed by atoms with Crippen LogP contribution in [0.2, 0.25) is 0 Å². The SMILES string of the molecule is C=CC(=C/C(=C)CC)/C(=C\C)CCC(/C=C\N)=C/CCC. The Morgan fingerprint density at radius 3 is 2.38 bits per heavy atom. The first-order valence-corrected chi connectivity index (χ1v) is 7.87. The summed E-state index contributed by atoms with van der Waals surface area (Å²) < 4.78 is 0. The minimum absolute atomic E-state index is 0.964. The minimum atomic E-state index is 0.964. The van der Waals surface area contributed by atoms with Gasteiger partial charge in [0.05, 0.1) is 0 Å². The number of rotatable bonds is 10. The second-order valence-corrected chi connectivity index (χ2v) is 5.06. The monoisotopic (exact) mass is 285 g/mol. The molecule has 0 unspecified atom stereocenters. The number of unbranched alkanes of at least 4 members (excludes halogenated alkanes) is 1. The van der Waals surface area contributed by atoms with Crippen molar-refractivity contribution in [2.75, 3.05) is 0 Å². The van der Waals surface area contributed by atoms with Crippen LogP contribution < -0.4 is 5.73 Å². The zero-order chi connectivity index (χ0) is 16.1. The summed E-state index contributed by atoms with van der Waals surface area (Å²) in [6, 6.07) is 0. The van der Waals surface area contributed by atoms with Crippen molar-refractivity contribution in [1.82, 2.24) is 0 Å². The van der Waals surface area contributed by atoms with Crippen LogP contribution in [0.1, 0.15) is 52.9 Å². The number of nitrogens with two attached hydrogens (primary N) is 1. The average Bonchev–Trinajstić information content (AvgIpc) is 2.51. The topological polar surface area (TPSA) is 26.0 Å². The molecule has 0 spiro atoms. The van der Waals surface area contributed by atoms with Gasteiger partial charge in [0.2, 0.25) is 0 Å². The maximum atomic E-state index is 5.53. The predicted octanol–water partition coefficient (Wildman–Crippen LogP) is 5.99. The van der Waals surface area contributed by atoms with Crippen LogP contribution in [0.5, 0.6) is 0 Å². The fourth-order valence-corrected chi connectivity index (χ4v) is 2.05. The molecular formula is C20H31N. The number of hydrogen-bond donors (Lipinski definition) is 1. The van der Waals surface area contributed by atoms with Gasteiger partial charge in [0.25, 0.3) is 0 Å². The van der Waals surface area contributed by atoms with E-state index in [4.69, 9.17) is 5.73 Å². The highest BCUT2D eigenvalue weighted by atomic mass is 14.5. The molecule has 21 heavy (non-hydrogen) atoms. The Labute approximate surface area is 131 Å². The third-order valence-corrected chi connectivity index (χ3v) is 3.44. The Balaban J connectivity index is 4.95. The molecule has 1 nitrogen and oxygen atoms in total. The normalized spacial score (nSPS) is 13.8. The molecule has 0 aliphatic rings. The molecule has 0 saturated carbocycles. The lowest BCUT2D eigenvalue weighted by Crippen LogP contribution is -1.91. The molecule has 2 N–H and O–H groups in total. The van der Waals surface area contributed by atoms with E-state index in [9.17, 15) is 0 Å². The molecule has 0 atom stereocenters. The number of hydrogen-bond acceptors (Lipinski definition) is 1. The highest BCUT2D eigenvalue weighted by Crippen LogP contribution is 2.22. The van der Waals surface area contributed by atoms with E-state index in [0.717, 1.165) is 37.7 Å². The van der Waals surface area contributed by atoms with Crippen LogP contribution in [0.15, 0.2) is 72.0 Å². The van der Waals surface area contributed by atoms with Gasteiger partial charge in [-0.15, -0.1) is 0 Å². The van der Waals surface area contributed by atoms with Crippen molar-refractivity contribution in [3.63, 3.8) is 0 Å². The van der Waals surface area contributed by atoms with E-state index in [-0.39, 0.29) is 0 Å². The Hall–Kier alpha value is -1.76. The van der Waals surface area contributed by atoms with E-state index in [0.29, 0.717) is 0 Å². The molecule has 0 aromatic rings. The van der Waals surface area contributed by atoms with Crippen molar-refractivity contribution in [2.24, 2.45) is 5.73 Å². The van der Waals surface area contributed by atoms with Crippen LogP contribution in [-0.2, 0) is 0 Å². The van der Waals surface area contributed by atoms with Gasteiger partial charge in [0.1, 0.15) is 0 Å². The molecule has 116 valence electrons. The maximum absolute atomic E-state index is 5.53. The lowest BCUT2D eigenvalue weighted by molar-refractivity contribution is 0.910. The lowest BCUT2D eigenvalue weighted by Gasteiger charge is -2.10. The average molecular weight is 285 g/mol. The largest absolute Gasteiger partial charge is 0.405 e. The van der Waals surface area contributed by atoms with Crippen LogP contribution >= 0.6 is 0 Å². The third-order valence-electron chi connectivity index (χ3n) is 3.44. The van der Waals surface area contributed by atoms with Gasteiger partial charge in [-0.3, -0.25) is 0 Å². The van der Waals surface area contributed by atoms with Crippen molar-refractivity contribution in [3.05, 3.63) is 72.0 Å². The summed E-state index contributed by atoms with van der Waals surface area (Å²) in [5, 5.41) is 0. The van der Waals surface area contributed by atoms with Gasteiger partial charge < -0.3 is 5.73 Å². The van der Waals surface area contributed by atoms with E-state index in [1.807, 2.05) is 12.2 Å². The van der Waals surface area contributed by atoms with E-state index < -0.39 is 0 Å². The Bertz CT molecular complexity index is 444. The summed E-state index contributed by atoms with van der Waals surface area (Å²) in [5.74, 6) is 0. The molecule has 0 radical (unpaired) electrons. The smallest absolute Gasteiger partial charge is 0.00597 e. The molecule has 1 heteroatoms. The summed E-state index contributed by atoms with van der Waals surface area (Å²) in [4.78, 5) is 0.